The van der Waals surface area contributed by atoms with Crippen LogP contribution < -0.4 is 0 Å². The third-order valence-electron chi connectivity index (χ3n) is 2.33. The summed E-state index contributed by atoms with van der Waals surface area (Å²) in [5.41, 5.74) is 2.08. The van der Waals surface area contributed by atoms with Gasteiger partial charge in [-0.25, -0.2) is 0 Å². The van der Waals surface area contributed by atoms with Gasteiger partial charge in [-0.2, -0.15) is 5.26 Å². The van der Waals surface area contributed by atoms with E-state index in [1.807, 2.05) is 26.0 Å². The molecule has 1 nitrogen and oxygen atoms in total. The van der Waals surface area contributed by atoms with E-state index in [-0.39, 0.29) is 7.43 Å². The van der Waals surface area contributed by atoms with Gasteiger partial charge in [-0.05, 0) is 30.0 Å². The van der Waals surface area contributed by atoms with E-state index in [0.29, 0.717) is 5.92 Å². The highest BCUT2D eigenvalue weighted by molar-refractivity contribution is 5.32. The second-order valence-corrected chi connectivity index (χ2v) is 3.42. The van der Waals surface area contributed by atoms with Crippen LogP contribution >= 0.6 is 0 Å². The van der Waals surface area contributed by atoms with Crippen LogP contribution in [0.15, 0.2) is 24.3 Å². The first-order valence-electron chi connectivity index (χ1n) is 5.78. The summed E-state index contributed by atoms with van der Waals surface area (Å²) in [7, 11) is 0. The number of nitrogens with zero attached hydrogens (tertiary/aromatic N) is 1. The van der Waals surface area contributed by atoms with Crippen LogP contribution in [-0.4, -0.2) is 0 Å². The minimum absolute atomic E-state index is 0. The molecule has 0 heterocycles. The maximum absolute atomic E-state index is 8.62. The van der Waals surface area contributed by atoms with Gasteiger partial charge in [-0.1, -0.05) is 53.7 Å². The first-order valence-corrected chi connectivity index (χ1v) is 5.78. The number of benzene rings is 1. The van der Waals surface area contributed by atoms with Gasteiger partial charge >= 0.3 is 0 Å². The van der Waals surface area contributed by atoms with Gasteiger partial charge < -0.3 is 0 Å². The van der Waals surface area contributed by atoms with Gasteiger partial charge in [0.2, 0.25) is 0 Å². The summed E-state index contributed by atoms with van der Waals surface area (Å²) in [6.45, 7) is 8.42. The van der Waals surface area contributed by atoms with Crippen molar-refractivity contribution in [3.63, 3.8) is 0 Å². The van der Waals surface area contributed by atoms with E-state index in [4.69, 9.17) is 5.26 Å². The van der Waals surface area contributed by atoms with Crippen molar-refractivity contribution in [1.29, 1.82) is 5.26 Å². The summed E-state index contributed by atoms with van der Waals surface area (Å²) in [5.74, 6) is 0.609. The molecule has 16 heavy (non-hydrogen) atoms. The highest BCUT2D eigenvalue weighted by Crippen LogP contribution is 2.20. The minimum Gasteiger partial charge on any atom is -0.192 e. The van der Waals surface area contributed by atoms with Crippen LogP contribution in [0.25, 0.3) is 0 Å². The lowest BCUT2D eigenvalue weighted by Crippen LogP contribution is -1.92. The van der Waals surface area contributed by atoms with Crippen molar-refractivity contribution in [3.05, 3.63) is 35.4 Å². The predicted molar refractivity (Wildman–Crippen MR) is 72.6 cm³/mol. The lowest BCUT2D eigenvalue weighted by atomic mass is 9.96. The van der Waals surface area contributed by atoms with E-state index in [1.165, 1.54) is 18.4 Å². The van der Waals surface area contributed by atoms with Crippen molar-refractivity contribution in [1.82, 2.24) is 0 Å². The van der Waals surface area contributed by atoms with E-state index in [2.05, 4.69) is 32.0 Å². The molecule has 0 aliphatic heterocycles. The van der Waals surface area contributed by atoms with Crippen molar-refractivity contribution in [2.45, 2.75) is 53.9 Å². The highest BCUT2D eigenvalue weighted by Gasteiger charge is 2.03. The van der Waals surface area contributed by atoms with Crippen LogP contribution in [0.4, 0.5) is 0 Å². The SMILES string of the molecule is C.CC.CCCC(C)c1ccc(C#N)cc1. The molecule has 0 spiro atoms. The molecule has 0 amide bonds. The topological polar surface area (TPSA) is 23.8 Å². The Morgan fingerprint density at radius 2 is 1.69 bits per heavy atom. The van der Waals surface area contributed by atoms with Crippen LogP contribution in [0.1, 0.15) is 65.0 Å². The average molecular weight is 219 g/mol. The molecule has 1 aromatic rings. The second kappa shape index (κ2) is 10.2. The van der Waals surface area contributed by atoms with Crippen molar-refractivity contribution in [2.75, 3.05) is 0 Å². The molecule has 90 valence electrons. The Kier molecular flexibility index (Phi) is 10.9. The second-order valence-electron chi connectivity index (χ2n) is 3.42. The molecule has 0 fully saturated rings. The largest absolute Gasteiger partial charge is 0.192 e. The van der Waals surface area contributed by atoms with E-state index >= 15 is 0 Å². The summed E-state index contributed by atoms with van der Waals surface area (Å²) in [5, 5.41) is 8.62. The lowest BCUT2D eigenvalue weighted by molar-refractivity contribution is 0.665. The monoisotopic (exact) mass is 219 g/mol. The summed E-state index contributed by atoms with van der Waals surface area (Å²) in [6.07, 6.45) is 2.42. The summed E-state index contributed by atoms with van der Waals surface area (Å²) < 4.78 is 0. The molecule has 1 atom stereocenters. The fourth-order valence-corrected chi connectivity index (χ4v) is 1.49. The Balaban J connectivity index is 0. The van der Waals surface area contributed by atoms with Crippen LogP contribution in [0.5, 0.6) is 0 Å². The lowest BCUT2D eigenvalue weighted by Gasteiger charge is -2.09. The van der Waals surface area contributed by atoms with Crippen LogP contribution in [0.2, 0.25) is 0 Å². The highest BCUT2D eigenvalue weighted by atomic mass is 14.2. The molecule has 0 N–H and O–H groups in total. The molecule has 1 heteroatoms. The van der Waals surface area contributed by atoms with Crippen LogP contribution in [-0.2, 0) is 0 Å². The van der Waals surface area contributed by atoms with E-state index in [1.54, 1.807) is 0 Å². The zero-order chi connectivity index (χ0) is 11.7. The number of hydrogen-bond acceptors (Lipinski definition) is 1. The van der Waals surface area contributed by atoms with Gasteiger partial charge in [0.1, 0.15) is 0 Å². The third-order valence-corrected chi connectivity index (χ3v) is 2.33. The number of rotatable bonds is 3. The molecule has 0 saturated heterocycles. The van der Waals surface area contributed by atoms with Gasteiger partial charge in [0.15, 0.2) is 0 Å². The van der Waals surface area contributed by atoms with Gasteiger partial charge in [-0.15, -0.1) is 0 Å². The first-order chi connectivity index (χ1) is 7.27. The molecule has 1 aromatic carbocycles. The zero-order valence-electron chi connectivity index (χ0n) is 10.2. The quantitative estimate of drug-likeness (QED) is 0.691. The number of nitriles is 1. The molecule has 0 radical (unpaired) electrons. The Labute approximate surface area is 101 Å². The smallest absolute Gasteiger partial charge is 0.0991 e. The summed E-state index contributed by atoms with van der Waals surface area (Å²) in [4.78, 5) is 0. The van der Waals surface area contributed by atoms with Gasteiger partial charge in [0.05, 0.1) is 11.6 Å². The minimum atomic E-state index is 0. The van der Waals surface area contributed by atoms with Gasteiger partial charge in [0, 0.05) is 0 Å². The summed E-state index contributed by atoms with van der Waals surface area (Å²) >= 11 is 0. The molecule has 1 rings (SSSR count). The van der Waals surface area contributed by atoms with E-state index in [0.717, 1.165) is 5.56 Å². The average Bonchev–Trinajstić information content (AvgIpc) is 2.32. The maximum Gasteiger partial charge on any atom is 0.0991 e. The normalized spacial score (nSPS) is 10.2. The molecule has 0 aliphatic carbocycles. The Bertz CT molecular complexity index is 292. The van der Waals surface area contributed by atoms with Crippen LogP contribution in [0.3, 0.4) is 0 Å². The van der Waals surface area contributed by atoms with Crippen molar-refractivity contribution >= 4 is 0 Å². The van der Waals surface area contributed by atoms with Gasteiger partial charge in [0.25, 0.3) is 0 Å². The molecule has 0 saturated carbocycles. The van der Waals surface area contributed by atoms with Crippen molar-refractivity contribution in [2.24, 2.45) is 0 Å². The molecule has 0 bridgehead atoms. The van der Waals surface area contributed by atoms with E-state index in [9.17, 15) is 0 Å². The first kappa shape index (κ1) is 17.1. The Morgan fingerprint density at radius 1 is 1.19 bits per heavy atom. The van der Waals surface area contributed by atoms with Gasteiger partial charge in [-0.3, -0.25) is 0 Å². The molecule has 0 aliphatic rings. The third kappa shape index (κ3) is 5.56. The molecular weight excluding hydrogens is 194 g/mol. The Morgan fingerprint density at radius 3 is 2.06 bits per heavy atom. The maximum atomic E-state index is 8.62. The number of hydrogen-bond donors (Lipinski definition) is 0. The molecule has 1 unspecified atom stereocenters. The molecule has 0 aromatic heterocycles. The zero-order valence-corrected chi connectivity index (χ0v) is 10.2. The predicted octanol–water partition coefficient (Wildman–Crippen LogP) is 5.12. The fraction of sp³-hybridized carbons (Fsp3) is 0.533. The van der Waals surface area contributed by atoms with Crippen molar-refractivity contribution < 1.29 is 0 Å². The summed E-state index contributed by atoms with van der Waals surface area (Å²) in [6, 6.07) is 10.0. The Hall–Kier alpha value is -1.29. The molecular formula is C15H25N. The van der Waals surface area contributed by atoms with Crippen molar-refractivity contribution in [3.8, 4) is 6.07 Å². The fourth-order valence-electron chi connectivity index (χ4n) is 1.49. The van der Waals surface area contributed by atoms with E-state index < -0.39 is 0 Å². The standard InChI is InChI=1S/C12H15N.C2H6.CH4/c1-3-4-10(2)12-7-5-11(9-13)6-8-12;1-2;/h5-8,10H,3-4H2,1-2H3;1-2H3;1H4. The van der Waals surface area contributed by atoms with Crippen LogP contribution in [0, 0.1) is 11.3 Å².